The summed E-state index contributed by atoms with van der Waals surface area (Å²) in [5.41, 5.74) is 0.934. The van der Waals surface area contributed by atoms with E-state index in [2.05, 4.69) is 12.2 Å². The van der Waals surface area contributed by atoms with E-state index in [0.29, 0.717) is 5.02 Å². The molecule has 0 fully saturated rings. The van der Waals surface area contributed by atoms with E-state index in [9.17, 15) is 4.79 Å². The predicted molar refractivity (Wildman–Crippen MR) is 77.6 cm³/mol. The Morgan fingerprint density at radius 2 is 2.17 bits per heavy atom. The first kappa shape index (κ1) is 14.8. The van der Waals surface area contributed by atoms with E-state index in [0.717, 1.165) is 18.5 Å². The number of nitrogens with one attached hydrogen (secondary N) is 1. The number of halogens is 1. The maximum Gasteiger partial charge on any atom is 0.243 e. The lowest BCUT2D eigenvalue weighted by Crippen LogP contribution is -2.21. The summed E-state index contributed by atoms with van der Waals surface area (Å²) in [5.74, 6) is -0.0496. The molecule has 1 amide bonds. The first-order valence-corrected chi connectivity index (χ1v) is 6.81. The zero-order valence-corrected chi connectivity index (χ0v) is 11.5. The van der Waals surface area contributed by atoms with Crippen molar-refractivity contribution >= 4 is 23.6 Å². The molecule has 0 saturated carbocycles. The van der Waals surface area contributed by atoms with Crippen LogP contribution in [0, 0.1) is 0 Å². The van der Waals surface area contributed by atoms with Gasteiger partial charge in [0, 0.05) is 17.6 Å². The first-order chi connectivity index (χ1) is 8.72. The molecule has 1 N–H and O–H groups in total. The second-order valence-electron chi connectivity index (χ2n) is 4.24. The maximum absolute atomic E-state index is 11.5. The zero-order chi connectivity index (χ0) is 13.2. The summed E-state index contributed by atoms with van der Waals surface area (Å²) in [5, 5.41) is 3.55. The van der Waals surface area contributed by atoms with E-state index in [1.54, 1.807) is 12.2 Å². The van der Waals surface area contributed by atoms with E-state index >= 15 is 0 Å². The Hall–Kier alpha value is -1.28. The third kappa shape index (κ3) is 6.45. The van der Waals surface area contributed by atoms with Gasteiger partial charge in [-0.15, -0.1) is 0 Å². The molecule has 18 heavy (non-hydrogen) atoms. The fraction of sp³-hybridized carbons (Fsp3) is 0.400. The molecule has 3 heteroatoms. The van der Waals surface area contributed by atoms with Crippen LogP contribution in [-0.4, -0.2) is 12.5 Å². The van der Waals surface area contributed by atoms with Crippen molar-refractivity contribution in [3.05, 3.63) is 40.9 Å². The number of carbonyl (C=O) groups excluding carboxylic acids is 1. The molecule has 0 atom stereocenters. The number of carbonyl (C=O) groups is 1. The average molecular weight is 266 g/mol. The van der Waals surface area contributed by atoms with Crippen molar-refractivity contribution in [1.82, 2.24) is 5.32 Å². The standard InChI is InChI=1S/C15H20ClNO/c1-2-3-4-5-11-17-15(18)10-9-13-7-6-8-14(16)12-13/h6-10,12H,2-5,11H2,1H3,(H,17,18)/b10-9+. The molecule has 0 heterocycles. The van der Waals surface area contributed by atoms with Crippen molar-refractivity contribution < 1.29 is 4.79 Å². The third-order valence-electron chi connectivity index (χ3n) is 2.61. The Balaban J connectivity index is 2.27. The lowest BCUT2D eigenvalue weighted by molar-refractivity contribution is -0.116. The minimum absolute atomic E-state index is 0.0496. The molecular weight excluding hydrogens is 246 g/mol. The highest BCUT2D eigenvalue weighted by atomic mass is 35.5. The van der Waals surface area contributed by atoms with Crippen LogP contribution in [0.4, 0.5) is 0 Å². The summed E-state index contributed by atoms with van der Waals surface area (Å²) in [6, 6.07) is 7.42. The highest BCUT2D eigenvalue weighted by Gasteiger charge is 1.95. The normalized spacial score (nSPS) is 10.8. The van der Waals surface area contributed by atoms with Gasteiger partial charge in [-0.1, -0.05) is 49.9 Å². The van der Waals surface area contributed by atoms with Crippen molar-refractivity contribution in [3.8, 4) is 0 Å². The van der Waals surface area contributed by atoms with E-state index in [1.807, 2.05) is 24.3 Å². The Bertz CT molecular complexity index is 401. The van der Waals surface area contributed by atoms with Crippen molar-refractivity contribution in [2.75, 3.05) is 6.54 Å². The van der Waals surface area contributed by atoms with Crippen LogP contribution in [0.1, 0.15) is 38.2 Å². The number of hydrogen-bond acceptors (Lipinski definition) is 1. The molecule has 0 radical (unpaired) electrons. The van der Waals surface area contributed by atoms with E-state index in [1.165, 1.54) is 19.3 Å². The van der Waals surface area contributed by atoms with Crippen LogP contribution in [0.15, 0.2) is 30.3 Å². The third-order valence-corrected chi connectivity index (χ3v) is 2.84. The van der Waals surface area contributed by atoms with Gasteiger partial charge in [0.2, 0.25) is 5.91 Å². The van der Waals surface area contributed by atoms with Crippen molar-refractivity contribution in [2.24, 2.45) is 0 Å². The number of unbranched alkanes of at least 4 members (excludes halogenated alkanes) is 3. The van der Waals surface area contributed by atoms with Crippen molar-refractivity contribution in [1.29, 1.82) is 0 Å². The zero-order valence-electron chi connectivity index (χ0n) is 10.8. The van der Waals surface area contributed by atoms with Crippen LogP contribution in [0.25, 0.3) is 6.08 Å². The van der Waals surface area contributed by atoms with Gasteiger partial charge < -0.3 is 5.32 Å². The summed E-state index contributed by atoms with van der Waals surface area (Å²) in [7, 11) is 0. The van der Waals surface area contributed by atoms with Gasteiger partial charge in [0.25, 0.3) is 0 Å². The molecule has 0 aliphatic rings. The summed E-state index contributed by atoms with van der Waals surface area (Å²) < 4.78 is 0. The topological polar surface area (TPSA) is 29.1 Å². The van der Waals surface area contributed by atoms with Crippen LogP contribution in [0.2, 0.25) is 5.02 Å². The van der Waals surface area contributed by atoms with Gasteiger partial charge in [-0.3, -0.25) is 4.79 Å². The molecule has 1 aromatic carbocycles. The molecule has 1 aromatic rings. The highest BCUT2D eigenvalue weighted by molar-refractivity contribution is 6.30. The van der Waals surface area contributed by atoms with E-state index in [4.69, 9.17) is 11.6 Å². The van der Waals surface area contributed by atoms with Gasteiger partial charge in [-0.05, 0) is 30.2 Å². The summed E-state index contributed by atoms with van der Waals surface area (Å²) >= 11 is 5.86. The van der Waals surface area contributed by atoms with E-state index < -0.39 is 0 Å². The fourth-order valence-electron chi connectivity index (χ4n) is 1.60. The molecule has 0 bridgehead atoms. The van der Waals surface area contributed by atoms with Gasteiger partial charge in [0.1, 0.15) is 0 Å². The fourth-order valence-corrected chi connectivity index (χ4v) is 1.80. The molecule has 0 saturated heterocycles. The Kier molecular flexibility index (Phi) is 7.19. The van der Waals surface area contributed by atoms with Crippen molar-refractivity contribution in [3.63, 3.8) is 0 Å². The number of hydrogen-bond donors (Lipinski definition) is 1. The second kappa shape index (κ2) is 8.76. The monoisotopic (exact) mass is 265 g/mol. The molecule has 0 aliphatic heterocycles. The van der Waals surface area contributed by atoms with Gasteiger partial charge in [0.05, 0.1) is 0 Å². The average Bonchev–Trinajstić information content (AvgIpc) is 2.36. The minimum atomic E-state index is -0.0496. The summed E-state index contributed by atoms with van der Waals surface area (Å²) in [6.07, 6.45) is 7.98. The van der Waals surface area contributed by atoms with Gasteiger partial charge >= 0.3 is 0 Å². The summed E-state index contributed by atoms with van der Waals surface area (Å²) in [4.78, 5) is 11.5. The van der Waals surface area contributed by atoms with E-state index in [-0.39, 0.29) is 5.91 Å². The van der Waals surface area contributed by atoms with Crippen LogP contribution in [0.3, 0.4) is 0 Å². The van der Waals surface area contributed by atoms with Gasteiger partial charge in [0.15, 0.2) is 0 Å². The number of benzene rings is 1. The predicted octanol–water partition coefficient (Wildman–Crippen LogP) is 4.05. The largest absolute Gasteiger partial charge is 0.353 e. The smallest absolute Gasteiger partial charge is 0.243 e. The molecule has 2 nitrogen and oxygen atoms in total. The Morgan fingerprint density at radius 1 is 1.33 bits per heavy atom. The minimum Gasteiger partial charge on any atom is -0.353 e. The molecular formula is C15H20ClNO. The van der Waals surface area contributed by atoms with Crippen LogP contribution in [-0.2, 0) is 4.79 Å². The lowest BCUT2D eigenvalue weighted by Gasteiger charge is -2.01. The van der Waals surface area contributed by atoms with Crippen molar-refractivity contribution in [2.45, 2.75) is 32.6 Å². The van der Waals surface area contributed by atoms with Gasteiger partial charge in [-0.25, -0.2) is 0 Å². The molecule has 0 aromatic heterocycles. The highest BCUT2D eigenvalue weighted by Crippen LogP contribution is 2.11. The SMILES string of the molecule is CCCCCCNC(=O)/C=C/c1cccc(Cl)c1. The van der Waals surface area contributed by atoms with Crippen LogP contribution in [0.5, 0.6) is 0 Å². The quantitative estimate of drug-likeness (QED) is 0.585. The molecule has 1 rings (SSSR count). The number of rotatable bonds is 7. The maximum atomic E-state index is 11.5. The summed E-state index contributed by atoms with van der Waals surface area (Å²) in [6.45, 7) is 2.92. The second-order valence-corrected chi connectivity index (χ2v) is 4.68. The first-order valence-electron chi connectivity index (χ1n) is 6.44. The Morgan fingerprint density at radius 3 is 2.89 bits per heavy atom. The van der Waals surface area contributed by atoms with Gasteiger partial charge in [-0.2, -0.15) is 0 Å². The molecule has 98 valence electrons. The van der Waals surface area contributed by atoms with Crippen LogP contribution < -0.4 is 5.32 Å². The molecule has 0 unspecified atom stereocenters. The molecule has 0 spiro atoms. The Labute approximate surface area is 114 Å². The van der Waals surface area contributed by atoms with Crippen LogP contribution >= 0.6 is 11.6 Å². The molecule has 0 aliphatic carbocycles. The number of amides is 1. The lowest BCUT2D eigenvalue weighted by atomic mass is 10.2.